The van der Waals surface area contributed by atoms with Gasteiger partial charge in [0.05, 0.1) is 28.9 Å². The summed E-state index contributed by atoms with van der Waals surface area (Å²) in [6.45, 7) is 7.87. The Kier molecular flexibility index (Phi) is 5.81. The van der Waals surface area contributed by atoms with Gasteiger partial charge in [-0.25, -0.2) is 0 Å². The fourth-order valence-corrected chi connectivity index (χ4v) is 3.56. The number of nitrogens with zero attached hydrogens (tertiary/aromatic N) is 3. The van der Waals surface area contributed by atoms with Gasteiger partial charge in [0.25, 0.3) is 0 Å². The lowest BCUT2D eigenvalue weighted by atomic mass is 9.97. The minimum atomic E-state index is -0.0669. The third-order valence-corrected chi connectivity index (χ3v) is 5.10. The molecule has 1 fully saturated rings. The van der Waals surface area contributed by atoms with Crippen LogP contribution in [-0.2, 0) is 29.0 Å². The van der Waals surface area contributed by atoms with Gasteiger partial charge in [-0.1, -0.05) is 6.92 Å². The number of rotatable bonds is 5. The Bertz CT molecular complexity index is 493. The molecular formula is C15H24BrN3O2. The third kappa shape index (κ3) is 3.66. The van der Waals surface area contributed by atoms with Crippen LogP contribution in [-0.4, -0.2) is 40.8 Å². The van der Waals surface area contributed by atoms with E-state index in [1.54, 1.807) is 0 Å². The molecule has 2 heterocycles. The van der Waals surface area contributed by atoms with Crippen LogP contribution in [0.2, 0.25) is 0 Å². The number of ether oxygens (including phenoxy) is 1. The number of likely N-dealkylation sites (tertiary alicyclic amines) is 1. The van der Waals surface area contributed by atoms with Crippen molar-refractivity contribution in [2.75, 3.05) is 20.2 Å². The number of methoxy groups -OCH3 is 1. The van der Waals surface area contributed by atoms with E-state index >= 15 is 0 Å². The number of aromatic nitrogens is 2. The molecule has 21 heavy (non-hydrogen) atoms. The molecule has 1 saturated heterocycles. The zero-order valence-electron chi connectivity index (χ0n) is 13.1. The Morgan fingerprint density at radius 3 is 2.57 bits per heavy atom. The van der Waals surface area contributed by atoms with Crippen LogP contribution in [0.15, 0.2) is 4.47 Å². The highest BCUT2D eigenvalue weighted by Crippen LogP contribution is 2.26. The van der Waals surface area contributed by atoms with Crippen molar-refractivity contribution in [3.8, 4) is 0 Å². The summed E-state index contributed by atoms with van der Waals surface area (Å²) in [5.74, 6) is -0.000297. The molecule has 6 heteroatoms. The summed E-state index contributed by atoms with van der Waals surface area (Å²) in [7, 11) is 1.47. The van der Waals surface area contributed by atoms with Crippen molar-refractivity contribution < 1.29 is 9.53 Å². The van der Waals surface area contributed by atoms with Crippen LogP contribution in [0.5, 0.6) is 0 Å². The first-order valence-corrected chi connectivity index (χ1v) is 8.44. The lowest BCUT2D eigenvalue weighted by Crippen LogP contribution is -2.36. The molecule has 0 bridgehead atoms. The topological polar surface area (TPSA) is 47.4 Å². The van der Waals surface area contributed by atoms with E-state index in [2.05, 4.69) is 44.5 Å². The molecule has 0 amide bonds. The molecule has 0 unspecified atom stereocenters. The fraction of sp³-hybridized carbons (Fsp3) is 0.733. The van der Waals surface area contributed by atoms with E-state index in [1.165, 1.54) is 12.8 Å². The van der Waals surface area contributed by atoms with Crippen LogP contribution in [0.3, 0.4) is 0 Å². The minimum absolute atomic E-state index is 0.0666. The second-order valence-electron chi connectivity index (χ2n) is 5.45. The molecule has 5 nitrogen and oxygen atoms in total. The third-order valence-electron chi connectivity index (χ3n) is 4.19. The zero-order chi connectivity index (χ0) is 15.4. The summed E-state index contributed by atoms with van der Waals surface area (Å²) in [6, 6.07) is 0. The molecule has 1 aliphatic rings. The van der Waals surface area contributed by atoms with Gasteiger partial charge in [-0.2, -0.15) is 5.10 Å². The van der Waals surface area contributed by atoms with Crippen molar-refractivity contribution in [1.82, 2.24) is 14.7 Å². The molecule has 2 rings (SSSR count). The smallest absolute Gasteiger partial charge is 0.308 e. The van der Waals surface area contributed by atoms with Crippen LogP contribution >= 0.6 is 15.9 Å². The number of hydrogen-bond acceptors (Lipinski definition) is 4. The number of aryl methyl sites for hydroxylation is 2. The SMILES string of the molecule is CCc1nn(CC)c(CN2CCC(C(=O)OC)CC2)c1Br. The lowest BCUT2D eigenvalue weighted by Gasteiger charge is -2.30. The number of carbonyl (C=O) groups excluding carboxylic acids is 1. The van der Waals surface area contributed by atoms with Crippen LogP contribution in [0.4, 0.5) is 0 Å². The molecule has 1 aliphatic heterocycles. The van der Waals surface area contributed by atoms with E-state index in [0.717, 1.165) is 55.6 Å². The van der Waals surface area contributed by atoms with Crippen LogP contribution in [0.1, 0.15) is 38.1 Å². The lowest BCUT2D eigenvalue weighted by molar-refractivity contribution is -0.147. The van der Waals surface area contributed by atoms with Crippen molar-refractivity contribution >= 4 is 21.9 Å². The highest BCUT2D eigenvalue weighted by atomic mass is 79.9. The van der Waals surface area contributed by atoms with E-state index in [9.17, 15) is 4.79 Å². The van der Waals surface area contributed by atoms with Gasteiger partial charge in [-0.05, 0) is 55.2 Å². The number of esters is 1. The van der Waals surface area contributed by atoms with Crippen molar-refractivity contribution in [2.24, 2.45) is 5.92 Å². The minimum Gasteiger partial charge on any atom is -0.469 e. The van der Waals surface area contributed by atoms with Crippen molar-refractivity contribution in [2.45, 2.75) is 46.2 Å². The molecule has 1 aromatic heterocycles. The Morgan fingerprint density at radius 2 is 2.05 bits per heavy atom. The van der Waals surface area contributed by atoms with Gasteiger partial charge >= 0.3 is 5.97 Å². The molecule has 0 spiro atoms. The van der Waals surface area contributed by atoms with Crippen LogP contribution < -0.4 is 0 Å². The quantitative estimate of drug-likeness (QED) is 0.760. The van der Waals surface area contributed by atoms with Crippen LogP contribution in [0.25, 0.3) is 0 Å². The fourth-order valence-electron chi connectivity index (χ4n) is 2.87. The Morgan fingerprint density at radius 1 is 1.38 bits per heavy atom. The molecule has 0 N–H and O–H groups in total. The second kappa shape index (κ2) is 7.40. The van der Waals surface area contributed by atoms with E-state index in [4.69, 9.17) is 4.74 Å². The first-order valence-electron chi connectivity index (χ1n) is 7.64. The molecule has 0 aromatic carbocycles. The van der Waals surface area contributed by atoms with Gasteiger partial charge in [0, 0.05) is 13.1 Å². The number of halogens is 1. The average Bonchev–Trinajstić information content (AvgIpc) is 2.83. The van der Waals surface area contributed by atoms with Gasteiger partial charge in [-0.15, -0.1) is 0 Å². The standard InChI is InChI=1S/C15H24BrN3O2/c1-4-12-14(16)13(19(5-2)17-12)10-18-8-6-11(7-9-18)15(20)21-3/h11H,4-10H2,1-3H3. The van der Waals surface area contributed by atoms with Gasteiger partial charge in [0.2, 0.25) is 0 Å². The Labute approximate surface area is 134 Å². The van der Waals surface area contributed by atoms with Gasteiger partial charge in [0.1, 0.15) is 0 Å². The molecule has 1 aromatic rings. The summed E-state index contributed by atoms with van der Waals surface area (Å²) < 4.78 is 8.06. The Balaban J connectivity index is 2.00. The molecular weight excluding hydrogens is 334 g/mol. The normalized spacial score (nSPS) is 17.1. The predicted octanol–water partition coefficient (Wildman–Crippen LogP) is 2.61. The van der Waals surface area contributed by atoms with E-state index in [-0.39, 0.29) is 11.9 Å². The molecule has 118 valence electrons. The van der Waals surface area contributed by atoms with E-state index < -0.39 is 0 Å². The number of carbonyl (C=O) groups is 1. The average molecular weight is 358 g/mol. The van der Waals surface area contributed by atoms with E-state index in [0.29, 0.717) is 0 Å². The van der Waals surface area contributed by atoms with Gasteiger partial charge in [-0.3, -0.25) is 14.4 Å². The maximum Gasteiger partial charge on any atom is 0.308 e. The van der Waals surface area contributed by atoms with Crippen molar-refractivity contribution in [3.63, 3.8) is 0 Å². The highest BCUT2D eigenvalue weighted by molar-refractivity contribution is 9.10. The monoisotopic (exact) mass is 357 g/mol. The summed E-state index contributed by atoms with van der Waals surface area (Å²) in [4.78, 5) is 14.0. The van der Waals surface area contributed by atoms with E-state index in [1.807, 2.05) is 0 Å². The largest absolute Gasteiger partial charge is 0.469 e. The first-order chi connectivity index (χ1) is 10.1. The molecule has 0 saturated carbocycles. The summed E-state index contributed by atoms with van der Waals surface area (Å²) in [5, 5.41) is 4.64. The Hall–Kier alpha value is -0.880. The van der Waals surface area contributed by atoms with Crippen molar-refractivity contribution in [1.29, 1.82) is 0 Å². The molecule has 0 aliphatic carbocycles. The summed E-state index contributed by atoms with van der Waals surface area (Å²) in [5.41, 5.74) is 2.36. The zero-order valence-corrected chi connectivity index (χ0v) is 14.6. The maximum absolute atomic E-state index is 11.6. The summed E-state index contributed by atoms with van der Waals surface area (Å²) in [6.07, 6.45) is 2.70. The first kappa shape index (κ1) is 16.5. The highest BCUT2D eigenvalue weighted by Gasteiger charge is 2.26. The number of hydrogen-bond donors (Lipinski definition) is 0. The van der Waals surface area contributed by atoms with Gasteiger partial charge in [0.15, 0.2) is 0 Å². The second-order valence-corrected chi connectivity index (χ2v) is 6.24. The maximum atomic E-state index is 11.6. The van der Waals surface area contributed by atoms with Crippen molar-refractivity contribution in [3.05, 3.63) is 15.9 Å². The predicted molar refractivity (Wildman–Crippen MR) is 85.0 cm³/mol. The van der Waals surface area contributed by atoms with Gasteiger partial charge < -0.3 is 4.74 Å². The summed E-state index contributed by atoms with van der Waals surface area (Å²) >= 11 is 3.69. The molecule has 0 radical (unpaired) electrons. The van der Waals surface area contributed by atoms with Crippen LogP contribution in [0, 0.1) is 5.92 Å². The number of piperidine rings is 1. The molecule has 0 atom stereocenters.